The molecule has 4 heteroatoms. The lowest BCUT2D eigenvalue weighted by Crippen LogP contribution is -2.13. The molecule has 0 spiro atoms. The van der Waals surface area contributed by atoms with Crippen LogP contribution < -0.4 is 10.1 Å². The van der Waals surface area contributed by atoms with Crippen molar-refractivity contribution < 1.29 is 9.15 Å². The monoisotopic (exact) mass is 274 g/mol. The summed E-state index contributed by atoms with van der Waals surface area (Å²) in [6, 6.07) is 7.97. The van der Waals surface area contributed by atoms with E-state index in [0.29, 0.717) is 18.5 Å². The maximum atomic E-state index is 5.75. The van der Waals surface area contributed by atoms with Crippen LogP contribution >= 0.6 is 0 Å². The van der Waals surface area contributed by atoms with Crippen molar-refractivity contribution in [1.29, 1.82) is 0 Å². The molecule has 1 heterocycles. The Balaban J connectivity index is 2.03. The lowest BCUT2D eigenvalue weighted by molar-refractivity contribution is 0.327. The normalized spacial score (nSPS) is 11.0. The molecule has 0 aliphatic carbocycles. The maximum Gasteiger partial charge on any atom is 0.399 e. The van der Waals surface area contributed by atoms with Crippen molar-refractivity contribution >= 4 is 0 Å². The van der Waals surface area contributed by atoms with E-state index >= 15 is 0 Å². The average Bonchev–Trinajstić information content (AvgIpc) is 2.87. The van der Waals surface area contributed by atoms with Crippen LogP contribution in [0.4, 0.5) is 0 Å². The number of hydrogen-bond acceptors (Lipinski definition) is 4. The number of ether oxygens (including phenoxy) is 1. The molecule has 0 saturated heterocycles. The van der Waals surface area contributed by atoms with Crippen LogP contribution in [0.3, 0.4) is 0 Å². The van der Waals surface area contributed by atoms with Gasteiger partial charge in [0, 0.05) is 6.54 Å². The maximum absolute atomic E-state index is 5.75. The molecule has 2 rings (SSSR count). The summed E-state index contributed by atoms with van der Waals surface area (Å²) in [5, 5.41) is 3.28. The molecule has 0 aliphatic rings. The minimum absolute atomic E-state index is 0.298. The molecule has 0 radical (unpaired) electrons. The molecule has 0 bridgehead atoms. The summed E-state index contributed by atoms with van der Waals surface area (Å²) in [7, 11) is 0. The molecule has 108 valence electrons. The predicted octanol–water partition coefficient (Wildman–Crippen LogP) is 4.09. The minimum Gasteiger partial charge on any atom is -0.417 e. The Morgan fingerprint density at radius 2 is 2.10 bits per heavy atom. The van der Waals surface area contributed by atoms with E-state index in [2.05, 4.69) is 37.1 Å². The summed E-state index contributed by atoms with van der Waals surface area (Å²) < 4.78 is 11.1. The van der Waals surface area contributed by atoms with E-state index in [9.17, 15) is 0 Å². The number of rotatable bonds is 7. The zero-order chi connectivity index (χ0) is 14.4. The lowest BCUT2D eigenvalue weighted by atomic mass is 10.0. The van der Waals surface area contributed by atoms with Gasteiger partial charge in [-0.05, 0) is 30.5 Å². The summed E-state index contributed by atoms with van der Waals surface area (Å²) in [6.45, 7) is 8.08. The molecule has 1 aromatic carbocycles. The van der Waals surface area contributed by atoms with Gasteiger partial charge < -0.3 is 14.5 Å². The van der Waals surface area contributed by atoms with E-state index in [1.165, 1.54) is 0 Å². The largest absolute Gasteiger partial charge is 0.417 e. The highest BCUT2D eigenvalue weighted by Crippen LogP contribution is 2.29. The van der Waals surface area contributed by atoms with Crippen molar-refractivity contribution in [2.45, 2.75) is 39.7 Å². The number of nitrogens with one attached hydrogen (secondary N) is 1. The second kappa shape index (κ2) is 7.10. The highest BCUT2D eigenvalue weighted by Gasteiger charge is 2.11. The first-order valence-corrected chi connectivity index (χ1v) is 7.12. The second-order valence-corrected chi connectivity index (χ2v) is 5.08. The van der Waals surface area contributed by atoms with Gasteiger partial charge in [0.2, 0.25) is 0 Å². The SMILES string of the molecule is CCCNCc1coc(Oc2ccccc2C(C)C)n1. The van der Waals surface area contributed by atoms with Crippen LogP contribution in [0.25, 0.3) is 0 Å². The fourth-order valence-electron chi connectivity index (χ4n) is 1.95. The molecular formula is C16H22N2O2. The van der Waals surface area contributed by atoms with Gasteiger partial charge >= 0.3 is 6.08 Å². The van der Waals surface area contributed by atoms with Crippen LogP contribution in [0.1, 0.15) is 44.4 Å². The summed E-state index contributed by atoms with van der Waals surface area (Å²) in [5.41, 5.74) is 2.01. The quantitative estimate of drug-likeness (QED) is 0.772. The van der Waals surface area contributed by atoms with Gasteiger partial charge in [0.05, 0.1) is 5.69 Å². The topological polar surface area (TPSA) is 47.3 Å². The van der Waals surface area contributed by atoms with Crippen LogP contribution in [0.15, 0.2) is 34.9 Å². The lowest BCUT2D eigenvalue weighted by Gasteiger charge is -2.10. The first-order chi connectivity index (χ1) is 9.70. The van der Waals surface area contributed by atoms with Gasteiger partial charge in [0.15, 0.2) is 0 Å². The third-order valence-corrected chi connectivity index (χ3v) is 3.00. The molecule has 0 unspecified atom stereocenters. The van der Waals surface area contributed by atoms with Crippen molar-refractivity contribution in [3.63, 3.8) is 0 Å². The molecule has 1 N–H and O–H groups in total. The van der Waals surface area contributed by atoms with E-state index in [0.717, 1.165) is 30.0 Å². The van der Waals surface area contributed by atoms with Gasteiger partial charge in [-0.2, -0.15) is 4.98 Å². The fourth-order valence-corrected chi connectivity index (χ4v) is 1.95. The summed E-state index contributed by atoms with van der Waals surface area (Å²) >= 11 is 0. The van der Waals surface area contributed by atoms with Crippen LogP contribution in [0.2, 0.25) is 0 Å². The van der Waals surface area contributed by atoms with Gasteiger partial charge in [-0.1, -0.05) is 39.0 Å². The van der Waals surface area contributed by atoms with Gasteiger partial charge in [-0.15, -0.1) is 0 Å². The van der Waals surface area contributed by atoms with Gasteiger partial charge in [-0.3, -0.25) is 0 Å². The van der Waals surface area contributed by atoms with E-state index in [1.54, 1.807) is 6.26 Å². The molecule has 4 nitrogen and oxygen atoms in total. The smallest absolute Gasteiger partial charge is 0.399 e. The number of aromatic nitrogens is 1. The fraction of sp³-hybridized carbons (Fsp3) is 0.438. The van der Waals surface area contributed by atoms with Crippen LogP contribution in [-0.2, 0) is 6.54 Å². The Morgan fingerprint density at radius 1 is 1.30 bits per heavy atom. The number of benzene rings is 1. The van der Waals surface area contributed by atoms with E-state index in [1.807, 2.05) is 18.2 Å². The Morgan fingerprint density at radius 3 is 2.85 bits per heavy atom. The first kappa shape index (κ1) is 14.6. The summed E-state index contributed by atoms with van der Waals surface area (Å²) in [6.07, 6.45) is 3.03. The van der Waals surface area contributed by atoms with Crippen LogP contribution in [-0.4, -0.2) is 11.5 Å². The van der Waals surface area contributed by atoms with Crippen molar-refractivity contribution in [2.75, 3.05) is 6.54 Å². The highest BCUT2D eigenvalue weighted by molar-refractivity contribution is 5.36. The predicted molar refractivity (Wildman–Crippen MR) is 79.1 cm³/mol. The van der Waals surface area contributed by atoms with E-state index in [-0.39, 0.29) is 0 Å². The molecule has 0 amide bonds. The zero-order valence-corrected chi connectivity index (χ0v) is 12.3. The first-order valence-electron chi connectivity index (χ1n) is 7.12. The zero-order valence-electron chi connectivity index (χ0n) is 12.3. The summed E-state index contributed by atoms with van der Waals surface area (Å²) in [4.78, 5) is 4.33. The van der Waals surface area contributed by atoms with Crippen LogP contribution in [0.5, 0.6) is 11.8 Å². The number of nitrogens with zero attached hydrogens (tertiary/aromatic N) is 1. The Labute approximate surface area is 120 Å². The Hall–Kier alpha value is -1.81. The molecule has 0 aliphatic heterocycles. The third kappa shape index (κ3) is 3.84. The number of para-hydroxylation sites is 1. The van der Waals surface area contributed by atoms with Crippen LogP contribution in [0, 0.1) is 0 Å². The Bertz CT molecular complexity index is 535. The van der Waals surface area contributed by atoms with E-state index < -0.39 is 0 Å². The Kier molecular flexibility index (Phi) is 5.18. The van der Waals surface area contributed by atoms with Crippen molar-refractivity contribution in [2.24, 2.45) is 0 Å². The van der Waals surface area contributed by atoms with Gasteiger partial charge in [0.25, 0.3) is 0 Å². The molecule has 0 saturated carbocycles. The van der Waals surface area contributed by atoms with Crippen molar-refractivity contribution in [3.8, 4) is 11.8 Å². The molecular weight excluding hydrogens is 252 g/mol. The second-order valence-electron chi connectivity index (χ2n) is 5.08. The molecule has 0 atom stereocenters. The molecule has 0 fully saturated rings. The molecule has 20 heavy (non-hydrogen) atoms. The van der Waals surface area contributed by atoms with Crippen molar-refractivity contribution in [3.05, 3.63) is 41.8 Å². The summed E-state index contributed by atoms with van der Waals surface area (Å²) in [5.74, 6) is 1.20. The van der Waals surface area contributed by atoms with Gasteiger partial charge in [0.1, 0.15) is 12.0 Å². The third-order valence-electron chi connectivity index (χ3n) is 3.00. The standard InChI is InChI=1S/C16H22N2O2/c1-4-9-17-10-13-11-19-16(18-13)20-15-8-6-5-7-14(15)12(2)3/h5-8,11-12,17H,4,9-10H2,1-3H3. The molecule has 1 aromatic heterocycles. The average molecular weight is 274 g/mol. The number of hydrogen-bond donors (Lipinski definition) is 1. The minimum atomic E-state index is 0.298. The number of oxazole rings is 1. The molecule has 2 aromatic rings. The van der Waals surface area contributed by atoms with Gasteiger partial charge in [-0.25, -0.2) is 0 Å². The van der Waals surface area contributed by atoms with Crippen molar-refractivity contribution in [1.82, 2.24) is 10.3 Å². The highest BCUT2D eigenvalue weighted by atomic mass is 16.6. The van der Waals surface area contributed by atoms with E-state index in [4.69, 9.17) is 9.15 Å².